The molecule has 6 rings (SSSR count). The van der Waals surface area contributed by atoms with Crippen LogP contribution in [0, 0.1) is 17.1 Å². The zero-order chi connectivity index (χ0) is 28.6. The maximum atomic E-state index is 14.3. The summed E-state index contributed by atoms with van der Waals surface area (Å²) in [7, 11) is 0. The van der Waals surface area contributed by atoms with E-state index in [1.807, 2.05) is 22.8 Å². The molecule has 212 valence electrons. The number of carboxylic acid groups (broad SMARTS) is 1. The molecule has 0 radical (unpaired) electrons. The quantitative estimate of drug-likeness (QED) is 0.306. The molecular weight excluding hydrogens is 547 g/mol. The smallest absolute Gasteiger partial charge is 0.365 e. The number of rotatable bonds is 9. The average Bonchev–Trinajstić information content (AvgIpc) is 3.50. The van der Waals surface area contributed by atoms with E-state index in [4.69, 9.17) is 24.7 Å². The van der Waals surface area contributed by atoms with Crippen molar-refractivity contribution in [1.82, 2.24) is 24.4 Å². The van der Waals surface area contributed by atoms with Gasteiger partial charge in [0.1, 0.15) is 18.2 Å². The minimum absolute atomic E-state index is 0.0251. The molecule has 0 spiro atoms. The normalized spacial score (nSPS) is 18.6. The van der Waals surface area contributed by atoms with Crippen molar-refractivity contribution in [3.8, 4) is 11.9 Å². The fraction of sp³-hybridized carbons (Fsp3) is 0.414. The summed E-state index contributed by atoms with van der Waals surface area (Å²) in [6, 6.07) is 12.0. The Balaban J connectivity index is 1.11. The number of hydrogen-bond acceptors (Lipinski definition) is 9. The zero-order valence-corrected chi connectivity index (χ0v) is 23.4. The molecule has 0 amide bonds. The molecule has 0 saturated carbocycles. The van der Waals surface area contributed by atoms with Gasteiger partial charge in [0.2, 0.25) is 10.9 Å². The fourth-order valence-corrected chi connectivity index (χ4v) is 6.07. The lowest BCUT2D eigenvalue weighted by Crippen LogP contribution is -2.41. The van der Waals surface area contributed by atoms with E-state index in [2.05, 4.69) is 16.8 Å². The lowest BCUT2D eigenvalue weighted by molar-refractivity contribution is -0.0593. The number of aromatic carboxylic acids is 1. The standard InChI is InChI=1S/C29H29FN6O4S/c1-29(22-3-2-4-24(32-22)40-17-19-6-5-18(14-31)13-21(19)30)8-10-35(11-9-29)16-23-33-26-25(34-27(41-26)28(37)38)36(23)15-20-7-12-39-20/h2-6,13,20H,7-12,15-17H2,1H3,(H,37,38)/t20-/m0/s1. The first kappa shape index (κ1) is 27.3. The number of ether oxygens (including phenoxy) is 2. The van der Waals surface area contributed by atoms with E-state index in [0.717, 1.165) is 61.8 Å². The minimum Gasteiger partial charge on any atom is -0.476 e. The molecule has 10 nitrogen and oxygen atoms in total. The predicted octanol–water partition coefficient (Wildman–Crippen LogP) is 4.52. The number of aromatic nitrogens is 4. The Morgan fingerprint density at radius 1 is 1.27 bits per heavy atom. The van der Waals surface area contributed by atoms with Gasteiger partial charge in [0.15, 0.2) is 10.5 Å². The Morgan fingerprint density at radius 2 is 2.07 bits per heavy atom. The van der Waals surface area contributed by atoms with Gasteiger partial charge in [-0.15, -0.1) is 0 Å². The molecule has 5 heterocycles. The molecule has 2 fully saturated rings. The van der Waals surface area contributed by atoms with Crippen LogP contribution in [0.2, 0.25) is 0 Å². The highest BCUT2D eigenvalue weighted by Gasteiger charge is 2.34. The summed E-state index contributed by atoms with van der Waals surface area (Å²) >= 11 is 1.10. The first-order valence-electron chi connectivity index (χ1n) is 13.5. The number of fused-ring (bicyclic) bond motifs is 1. The molecular formula is C29H29FN6O4S. The number of imidazole rings is 1. The first-order valence-corrected chi connectivity index (χ1v) is 14.3. The molecule has 1 aromatic carbocycles. The molecule has 0 unspecified atom stereocenters. The van der Waals surface area contributed by atoms with Gasteiger partial charge in [0.05, 0.1) is 36.5 Å². The number of carbonyl (C=O) groups is 1. The number of likely N-dealkylation sites (tertiary alicyclic amines) is 1. The average molecular weight is 577 g/mol. The third-order valence-electron chi connectivity index (χ3n) is 7.98. The minimum atomic E-state index is -1.04. The molecule has 4 aromatic rings. The Bertz CT molecular complexity index is 1630. The maximum absolute atomic E-state index is 14.3. The number of halogens is 1. The van der Waals surface area contributed by atoms with Gasteiger partial charge in [-0.3, -0.25) is 4.90 Å². The number of benzene rings is 1. The van der Waals surface area contributed by atoms with Crippen molar-refractivity contribution in [2.24, 2.45) is 0 Å². The van der Waals surface area contributed by atoms with Gasteiger partial charge in [0, 0.05) is 23.7 Å². The van der Waals surface area contributed by atoms with E-state index >= 15 is 0 Å². The molecule has 1 atom stereocenters. The highest BCUT2D eigenvalue weighted by molar-refractivity contribution is 7.19. The largest absolute Gasteiger partial charge is 0.476 e. The SMILES string of the molecule is CC1(c2cccc(OCc3ccc(C#N)cc3F)n2)CCN(Cc2nc3sc(C(=O)O)nc3n2C[C@@H]2CCO2)CC1. The second-order valence-electron chi connectivity index (χ2n) is 10.8. The van der Waals surface area contributed by atoms with Crippen LogP contribution in [-0.4, -0.2) is 61.3 Å². The van der Waals surface area contributed by atoms with Gasteiger partial charge in [-0.05, 0) is 50.6 Å². The van der Waals surface area contributed by atoms with E-state index in [9.17, 15) is 14.3 Å². The number of carboxylic acids is 1. The van der Waals surface area contributed by atoms with Gasteiger partial charge in [-0.25, -0.2) is 24.1 Å². The number of thiazole rings is 1. The molecule has 41 heavy (non-hydrogen) atoms. The van der Waals surface area contributed by atoms with Crippen LogP contribution in [0.3, 0.4) is 0 Å². The van der Waals surface area contributed by atoms with Crippen molar-refractivity contribution in [2.75, 3.05) is 19.7 Å². The van der Waals surface area contributed by atoms with Crippen LogP contribution in [0.25, 0.3) is 10.5 Å². The van der Waals surface area contributed by atoms with Crippen LogP contribution < -0.4 is 4.74 Å². The fourth-order valence-electron chi connectivity index (χ4n) is 5.27. The molecule has 1 N–H and O–H groups in total. The van der Waals surface area contributed by atoms with Crippen molar-refractivity contribution in [3.63, 3.8) is 0 Å². The van der Waals surface area contributed by atoms with E-state index in [1.54, 1.807) is 18.2 Å². The van der Waals surface area contributed by atoms with Crippen LogP contribution in [-0.2, 0) is 29.8 Å². The molecule has 12 heteroatoms. The maximum Gasteiger partial charge on any atom is 0.365 e. The topological polar surface area (TPSA) is 126 Å². The van der Waals surface area contributed by atoms with Crippen LogP contribution in [0.5, 0.6) is 5.88 Å². The van der Waals surface area contributed by atoms with Gasteiger partial charge in [-0.1, -0.05) is 30.4 Å². The molecule has 0 bridgehead atoms. The van der Waals surface area contributed by atoms with Crippen molar-refractivity contribution in [3.05, 3.63) is 69.9 Å². The Labute approximate surface area is 240 Å². The highest BCUT2D eigenvalue weighted by Crippen LogP contribution is 2.35. The second kappa shape index (κ2) is 11.2. The lowest BCUT2D eigenvalue weighted by atomic mass is 9.77. The third kappa shape index (κ3) is 5.66. The predicted molar refractivity (Wildman–Crippen MR) is 148 cm³/mol. The molecule has 2 aliphatic rings. The molecule has 0 aliphatic carbocycles. The number of nitrogens with zero attached hydrogens (tertiary/aromatic N) is 6. The molecule has 3 aromatic heterocycles. The number of pyridine rings is 1. The summed E-state index contributed by atoms with van der Waals surface area (Å²) in [4.78, 5) is 28.3. The monoisotopic (exact) mass is 576 g/mol. The Kier molecular flexibility index (Phi) is 7.42. The lowest BCUT2D eigenvalue weighted by Gasteiger charge is -2.39. The summed E-state index contributed by atoms with van der Waals surface area (Å²) in [6.07, 6.45) is 2.83. The summed E-state index contributed by atoms with van der Waals surface area (Å²) < 4.78 is 27.8. The summed E-state index contributed by atoms with van der Waals surface area (Å²) in [5, 5.41) is 18.4. The van der Waals surface area contributed by atoms with Crippen LogP contribution >= 0.6 is 11.3 Å². The van der Waals surface area contributed by atoms with E-state index in [0.29, 0.717) is 35.0 Å². The van der Waals surface area contributed by atoms with Crippen molar-refractivity contribution < 1.29 is 23.8 Å². The van der Waals surface area contributed by atoms with E-state index < -0.39 is 11.8 Å². The van der Waals surface area contributed by atoms with Crippen molar-refractivity contribution in [1.29, 1.82) is 5.26 Å². The van der Waals surface area contributed by atoms with Gasteiger partial charge >= 0.3 is 5.97 Å². The first-order chi connectivity index (χ1) is 19.8. The summed E-state index contributed by atoms with van der Waals surface area (Å²) in [5.74, 6) is -0.207. The molecule has 2 saturated heterocycles. The van der Waals surface area contributed by atoms with Gasteiger partial charge < -0.3 is 19.1 Å². The number of piperidine rings is 1. The summed E-state index contributed by atoms with van der Waals surface area (Å²) in [5.41, 5.74) is 2.03. The Morgan fingerprint density at radius 3 is 2.76 bits per heavy atom. The van der Waals surface area contributed by atoms with Crippen LogP contribution in [0.4, 0.5) is 4.39 Å². The van der Waals surface area contributed by atoms with Crippen LogP contribution in [0.15, 0.2) is 36.4 Å². The third-order valence-corrected chi connectivity index (χ3v) is 8.90. The summed E-state index contributed by atoms with van der Waals surface area (Å²) in [6.45, 7) is 5.91. The number of hydrogen-bond donors (Lipinski definition) is 1. The zero-order valence-electron chi connectivity index (χ0n) is 22.5. The van der Waals surface area contributed by atoms with Gasteiger partial charge in [0.25, 0.3) is 0 Å². The number of nitriles is 1. The molecule has 2 aliphatic heterocycles. The van der Waals surface area contributed by atoms with Gasteiger partial charge in [-0.2, -0.15) is 5.26 Å². The van der Waals surface area contributed by atoms with Crippen LogP contribution in [0.1, 0.15) is 58.6 Å². The Hall–Kier alpha value is -3.92. The van der Waals surface area contributed by atoms with E-state index in [1.165, 1.54) is 6.07 Å². The van der Waals surface area contributed by atoms with E-state index in [-0.39, 0.29) is 28.7 Å². The van der Waals surface area contributed by atoms with Crippen molar-refractivity contribution >= 4 is 27.8 Å². The second-order valence-corrected chi connectivity index (χ2v) is 11.8. The van der Waals surface area contributed by atoms with Crippen molar-refractivity contribution in [2.45, 2.75) is 57.4 Å². The highest BCUT2D eigenvalue weighted by atomic mass is 32.1.